The second-order valence-electron chi connectivity index (χ2n) is 4.39. The van der Waals surface area contributed by atoms with Gasteiger partial charge in [-0.2, -0.15) is 5.26 Å². The Labute approximate surface area is 116 Å². The fourth-order valence-electron chi connectivity index (χ4n) is 2.10. The maximum absolute atomic E-state index is 8.48. The summed E-state index contributed by atoms with van der Waals surface area (Å²) in [6.45, 7) is 0.581. The smallest absolute Gasteiger partial charge is 0.148 e. The quantitative estimate of drug-likeness (QED) is 0.709. The van der Waals surface area contributed by atoms with Crippen molar-refractivity contribution in [1.29, 1.82) is 5.26 Å². The number of rotatable bonds is 4. The second kappa shape index (κ2) is 5.41. The molecule has 2 aromatic heterocycles. The fourth-order valence-corrected chi connectivity index (χ4v) is 2.10. The molecule has 0 atom stereocenters. The average Bonchev–Trinajstić information content (AvgIpc) is 2.92. The Bertz CT molecular complexity index is 752. The van der Waals surface area contributed by atoms with Crippen molar-refractivity contribution in [2.75, 3.05) is 11.9 Å². The molecule has 5 heteroatoms. The number of nitriles is 1. The van der Waals surface area contributed by atoms with Gasteiger partial charge in [-0.1, -0.05) is 18.2 Å². The summed E-state index contributed by atoms with van der Waals surface area (Å²) in [5.74, 6) is 0.684. The molecule has 0 radical (unpaired) electrons. The van der Waals surface area contributed by atoms with Gasteiger partial charge in [0.25, 0.3) is 0 Å². The molecule has 0 aliphatic heterocycles. The Morgan fingerprint density at radius 3 is 2.85 bits per heavy atom. The number of nitrogens with zero attached hydrogens (tertiary/aromatic N) is 3. The van der Waals surface area contributed by atoms with E-state index in [4.69, 9.17) is 5.26 Å². The van der Waals surface area contributed by atoms with E-state index in [9.17, 15) is 0 Å². The van der Waals surface area contributed by atoms with E-state index in [1.807, 2.05) is 36.5 Å². The Hall–Kier alpha value is -2.87. The summed E-state index contributed by atoms with van der Waals surface area (Å²) in [6.07, 6.45) is 2.39. The lowest BCUT2D eigenvalue weighted by Crippen LogP contribution is -2.03. The van der Waals surface area contributed by atoms with Gasteiger partial charge in [-0.15, -0.1) is 10.2 Å². The summed E-state index contributed by atoms with van der Waals surface area (Å²) < 4.78 is 0. The van der Waals surface area contributed by atoms with Gasteiger partial charge in [-0.05, 0) is 18.2 Å². The van der Waals surface area contributed by atoms with Gasteiger partial charge in [-0.3, -0.25) is 0 Å². The van der Waals surface area contributed by atoms with Crippen molar-refractivity contribution in [1.82, 2.24) is 15.2 Å². The van der Waals surface area contributed by atoms with Crippen molar-refractivity contribution in [2.45, 2.75) is 6.42 Å². The lowest BCUT2D eigenvalue weighted by atomic mass is 10.1. The summed E-state index contributed by atoms with van der Waals surface area (Å²) >= 11 is 0. The molecule has 20 heavy (non-hydrogen) atoms. The summed E-state index contributed by atoms with van der Waals surface area (Å²) in [5.41, 5.74) is 2.95. The van der Waals surface area contributed by atoms with Crippen molar-refractivity contribution in [2.24, 2.45) is 0 Å². The van der Waals surface area contributed by atoms with Crippen LogP contribution in [-0.2, 0) is 0 Å². The van der Waals surface area contributed by atoms with Crippen molar-refractivity contribution in [3.05, 3.63) is 42.6 Å². The van der Waals surface area contributed by atoms with Crippen LogP contribution in [0.3, 0.4) is 0 Å². The average molecular weight is 263 g/mol. The van der Waals surface area contributed by atoms with Crippen LogP contribution in [0.1, 0.15) is 6.42 Å². The number of aromatic nitrogens is 3. The van der Waals surface area contributed by atoms with Gasteiger partial charge < -0.3 is 10.3 Å². The first-order chi connectivity index (χ1) is 9.88. The van der Waals surface area contributed by atoms with E-state index in [2.05, 4.69) is 32.6 Å². The lowest BCUT2D eigenvalue weighted by Gasteiger charge is -2.03. The first-order valence-electron chi connectivity index (χ1n) is 6.39. The number of aromatic amines is 1. The molecule has 0 saturated carbocycles. The van der Waals surface area contributed by atoms with Crippen molar-refractivity contribution < 1.29 is 0 Å². The molecule has 2 N–H and O–H groups in total. The normalized spacial score (nSPS) is 10.3. The molecule has 0 unspecified atom stereocenters. The predicted molar refractivity (Wildman–Crippen MR) is 78.0 cm³/mol. The van der Waals surface area contributed by atoms with Gasteiger partial charge in [0, 0.05) is 29.2 Å². The Morgan fingerprint density at radius 2 is 2.05 bits per heavy atom. The zero-order chi connectivity index (χ0) is 13.8. The molecule has 98 valence electrons. The highest BCUT2D eigenvalue weighted by atomic mass is 15.2. The van der Waals surface area contributed by atoms with Crippen LogP contribution in [0.15, 0.2) is 42.6 Å². The molecule has 0 saturated heterocycles. The Kier molecular flexibility index (Phi) is 3.29. The molecule has 0 aliphatic rings. The molecule has 0 spiro atoms. The molecular formula is C15H13N5. The largest absolute Gasteiger partial charge is 0.368 e. The van der Waals surface area contributed by atoms with E-state index in [0.29, 0.717) is 18.8 Å². The Balaban J connectivity index is 1.86. The number of para-hydroxylation sites is 1. The number of nitrogens with one attached hydrogen (secondary N) is 2. The standard InChI is InChI=1S/C15H13N5/c16-8-3-9-17-15-7-6-14(19-20-15)12-10-18-13-5-2-1-4-11(12)13/h1-2,4-7,10,18H,3,9H2,(H,17,20). The van der Waals surface area contributed by atoms with Crippen molar-refractivity contribution in [3.8, 4) is 17.3 Å². The molecule has 5 nitrogen and oxygen atoms in total. The minimum atomic E-state index is 0.450. The summed E-state index contributed by atoms with van der Waals surface area (Å²) in [4.78, 5) is 3.22. The van der Waals surface area contributed by atoms with Crippen LogP contribution in [-0.4, -0.2) is 21.7 Å². The molecule has 2 heterocycles. The third kappa shape index (κ3) is 2.31. The summed E-state index contributed by atoms with van der Waals surface area (Å²) in [6, 6.07) is 14.0. The van der Waals surface area contributed by atoms with E-state index < -0.39 is 0 Å². The number of anilines is 1. The van der Waals surface area contributed by atoms with Crippen molar-refractivity contribution >= 4 is 16.7 Å². The second-order valence-corrected chi connectivity index (χ2v) is 4.39. The maximum Gasteiger partial charge on any atom is 0.148 e. The van der Waals surface area contributed by atoms with Gasteiger partial charge >= 0.3 is 0 Å². The molecule has 3 aromatic rings. The molecule has 3 rings (SSSR count). The highest BCUT2D eigenvalue weighted by molar-refractivity contribution is 5.94. The highest BCUT2D eigenvalue weighted by Gasteiger charge is 2.07. The van der Waals surface area contributed by atoms with E-state index in [0.717, 1.165) is 22.2 Å². The third-order valence-electron chi connectivity index (χ3n) is 3.07. The number of H-pyrrole nitrogens is 1. The van der Waals surface area contributed by atoms with Crippen LogP contribution < -0.4 is 5.32 Å². The first-order valence-corrected chi connectivity index (χ1v) is 6.39. The number of hydrogen-bond acceptors (Lipinski definition) is 4. The van der Waals surface area contributed by atoms with Gasteiger partial charge in [0.1, 0.15) is 5.82 Å². The van der Waals surface area contributed by atoms with E-state index in [1.165, 1.54) is 0 Å². The van der Waals surface area contributed by atoms with Gasteiger partial charge in [0.2, 0.25) is 0 Å². The number of benzene rings is 1. The van der Waals surface area contributed by atoms with Crippen LogP contribution in [0.5, 0.6) is 0 Å². The highest BCUT2D eigenvalue weighted by Crippen LogP contribution is 2.26. The van der Waals surface area contributed by atoms with Crippen LogP contribution in [0.2, 0.25) is 0 Å². The van der Waals surface area contributed by atoms with Crippen LogP contribution in [0.4, 0.5) is 5.82 Å². The molecule has 0 fully saturated rings. The topological polar surface area (TPSA) is 77.4 Å². The van der Waals surface area contributed by atoms with Crippen LogP contribution in [0, 0.1) is 11.3 Å². The van der Waals surface area contributed by atoms with Crippen LogP contribution >= 0.6 is 0 Å². The Morgan fingerprint density at radius 1 is 1.15 bits per heavy atom. The van der Waals surface area contributed by atoms with E-state index in [-0.39, 0.29) is 0 Å². The molecule has 0 bridgehead atoms. The van der Waals surface area contributed by atoms with E-state index in [1.54, 1.807) is 0 Å². The number of fused-ring (bicyclic) bond motifs is 1. The SMILES string of the molecule is N#CCCNc1ccc(-c2c[nH]c3ccccc23)nn1. The zero-order valence-electron chi connectivity index (χ0n) is 10.8. The predicted octanol–water partition coefficient (Wildman–Crippen LogP) is 2.95. The molecule has 0 aliphatic carbocycles. The first kappa shape index (κ1) is 12.2. The fraction of sp³-hybridized carbons (Fsp3) is 0.133. The van der Waals surface area contributed by atoms with Gasteiger partial charge in [0.15, 0.2) is 0 Å². The third-order valence-corrected chi connectivity index (χ3v) is 3.07. The summed E-state index contributed by atoms with van der Waals surface area (Å²) in [7, 11) is 0. The monoisotopic (exact) mass is 263 g/mol. The van der Waals surface area contributed by atoms with Crippen LogP contribution in [0.25, 0.3) is 22.2 Å². The molecule has 1 aromatic carbocycles. The molecular weight excluding hydrogens is 250 g/mol. The number of hydrogen-bond donors (Lipinski definition) is 2. The van der Waals surface area contributed by atoms with Crippen molar-refractivity contribution in [3.63, 3.8) is 0 Å². The van der Waals surface area contributed by atoms with Gasteiger partial charge in [-0.25, -0.2) is 0 Å². The maximum atomic E-state index is 8.48. The zero-order valence-corrected chi connectivity index (χ0v) is 10.8. The lowest BCUT2D eigenvalue weighted by molar-refractivity contribution is 0.993. The van der Waals surface area contributed by atoms with E-state index >= 15 is 0 Å². The minimum absolute atomic E-state index is 0.450. The summed E-state index contributed by atoms with van der Waals surface area (Å²) in [5, 5.41) is 21.0. The molecule has 0 amide bonds. The minimum Gasteiger partial charge on any atom is -0.368 e. The van der Waals surface area contributed by atoms with Gasteiger partial charge in [0.05, 0.1) is 18.2 Å².